The van der Waals surface area contributed by atoms with Crippen molar-refractivity contribution in [3.05, 3.63) is 92.9 Å². The van der Waals surface area contributed by atoms with E-state index in [2.05, 4.69) is 31.9 Å². The lowest BCUT2D eigenvalue weighted by Crippen LogP contribution is -2.30. The molecule has 2 atom stereocenters. The minimum absolute atomic E-state index is 0.144. The SMILES string of the molecule is CCOC(=O)C(c1ccc(Br)c2c1oc1ccccc12)C(C(=O)OCC)c1ccc(Br)c2c1oc1ccccc12. The van der Waals surface area contributed by atoms with Gasteiger partial charge in [-0.15, -0.1) is 0 Å². The Morgan fingerprint density at radius 1 is 0.650 bits per heavy atom. The van der Waals surface area contributed by atoms with Gasteiger partial charge in [-0.3, -0.25) is 9.59 Å². The van der Waals surface area contributed by atoms with E-state index >= 15 is 0 Å². The van der Waals surface area contributed by atoms with Gasteiger partial charge in [-0.1, -0.05) is 80.4 Å². The summed E-state index contributed by atoms with van der Waals surface area (Å²) in [6, 6.07) is 22.7. The number of para-hydroxylation sites is 2. The minimum atomic E-state index is -1.08. The summed E-state index contributed by atoms with van der Waals surface area (Å²) in [5, 5.41) is 3.42. The van der Waals surface area contributed by atoms with E-state index in [1.807, 2.05) is 60.7 Å². The van der Waals surface area contributed by atoms with Crippen molar-refractivity contribution >= 4 is 87.7 Å². The van der Waals surface area contributed by atoms with E-state index in [1.165, 1.54) is 0 Å². The van der Waals surface area contributed by atoms with E-state index in [0.717, 1.165) is 30.5 Å². The molecule has 2 unspecified atom stereocenters. The number of benzene rings is 4. The molecule has 0 aliphatic carbocycles. The zero-order valence-corrected chi connectivity index (χ0v) is 24.9. The maximum atomic E-state index is 13.9. The van der Waals surface area contributed by atoms with E-state index in [0.29, 0.717) is 33.5 Å². The molecule has 6 aromatic rings. The predicted molar refractivity (Wildman–Crippen MR) is 162 cm³/mol. The molecule has 0 saturated carbocycles. The number of hydrogen-bond donors (Lipinski definition) is 0. The van der Waals surface area contributed by atoms with E-state index in [9.17, 15) is 9.59 Å². The van der Waals surface area contributed by atoms with Gasteiger partial charge in [-0.05, 0) is 38.1 Å². The lowest BCUT2D eigenvalue weighted by molar-refractivity contribution is -0.153. The van der Waals surface area contributed by atoms with Gasteiger partial charge in [-0.2, -0.15) is 0 Å². The smallest absolute Gasteiger partial charge is 0.314 e. The average molecular weight is 664 g/mol. The highest BCUT2D eigenvalue weighted by atomic mass is 79.9. The second-order valence-corrected chi connectivity index (χ2v) is 11.0. The zero-order chi connectivity index (χ0) is 28.0. The molecule has 0 aliphatic heterocycles. The Hall–Kier alpha value is -3.62. The molecule has 0 bridgehead atoms. The molecular formula is C32H24Br2O6. The maximum absolute atomic E-state index is 13.9. The molecule has 40 heavy (non-hydrogen) atoms. The van der Waals surface area contributed by atoms with Crippen LogP contribution in [0.15, 0.2) is 90.6 Å². The van der Waals surface area contributed by atoms with Gasteiger partial charge < -0.3 is 18.3 Å². The molecule has 202 valence electrons. The average Bonchev–Trinajstić information content (AvgIpc) is 3.54. The highest BCUT2D eigenvalue weighted by molar-refractivity contribution is 9.11. The van der Waals surface area contributed by atoms with Crippen LogP contribution in [-0.2, 0) is 19.1 Å². The predicted octanol–water partition coefficient (Wildman–Crippen LogP) is 9.00. The van der Waals surface area contributed by atoms with Crippen molar-refractivity contribution in [3.8, 4) is 0 Å². The normalized spacial score (nSPS) is 13.2. The van der Waals surface area contributed by atoms with E-state index in [1.54, 1.807) is 26.0 Å². The van der Waals surface area contributed by atoms with Gasteiger partial charge in [0.1, 0.15) is 34.2 Å². The third kappa shape index (κ3) is 4.30. The van der Waals surface area contributed by atoms with Gasteiger partial charge in [0.15, 0.2) is 0 Å². The van der Waals surface area contributed by atoms with Crippen molar-refractivity contribution in [3.63, 3.8) is 0 Å². The Morgan fingerprint density at radius 2 is 1.05 bits per heavy atom. The Balaban J connectivity index is 1.67. The number of esters is 2. The van der Waals surface area contributed by atoms with Crippen LogP contribution in [0, 0.1) is 0 Å². The topological polar surface area (TPSA) is 78.9 Å². The van der Waals surface area contributed by atoms with E-state index in [4.69, 9.17) is 18.3 Å². The molecule has 6 rings (SSSR count). The Labute approximate surface area is 246 Å². The summed E-state index contributed by atoms with van der Waals surface area (Å²) in [4.78, 5) is 27.7. The van der Waals surface area contributed by atoms with Gasteiger partial charge in [0.05, 0.1) is 13.2 Å². The monoisotopic (exact) mass is 662 g/mol. The van der Waals surface area contributed by atoms with Gasteiger partial charge in [0.25, 0.3) is 0 Å². The molecule has 4 aromatic carbocycles. The fraction of sp³-hybridized carbons (Fsp3) is 0.188. The van der Waals surface area contributed by atoms with Gasteiger partial charge in [0, 0.05) is 41.6 Å². The zero-order valence-electron chi connectivity index (χ0n) is 21.7. The van der Waals surface area contributed by atoms with Gasteiger partial charge in [-0.25, -0.2) is 0 Å². The molecule has 0 N–H and O–H groups in total. The van der Waals surface area contributed by atoms with E-state index in [-0.39, 0.29) is 13.2 Å². The van der Waals surface area contributed by atoms with Crippen molar-refractivity contribution in [1.29, 1.82) is 0 Å². The lowest BCUT2D eigenvalue weighted by Gasteiger charge is -2.25. The molecule has 6 nitrogen and oxygen atoms in total. The Kier molecular flexibility index (Phi) is 7.15. The number of carbonyl (C=O) groups is 2. The van der Waals surface area contributed by atoms with Crippen LogP contribution in [0.1, 0.15) is 36.8 Å². The van der Waals surface area contributed by atoms with Gasteiger partial charge in [0.2, 0.25) is 0 Å². The summed E-state index contributed by atoms with van der Waals surface area (Å²) in [6.07, 6.45) is 0. The lowest BCUT2D eigenvalue weighted by atomic mass is 9.80. The highest BCUT2D eigenvalue weighted by Crippen LogP contribution is 2.46. The number of halogens is 2. The quantitative estimate of drug-likeness (QED) is 0.159. The molecule has 0 spiro atoms. The number of carbonyl (C=O) groups excluding carboxylic acids is 2. The van der Waals surface area contributed by atoms with Crippen LogP contribution in [0.2, 0.25) is 0 Å². The molecule has 0 radical (unpaired) electrons. The van der Waals surface area contributed by atoms with E-state index < -0.39 is 23.8 Å². The van der Waals surface area contributed by atoms with Crippen molar-refractivity contribution in [1.82, 2.24) is 0 Å². The number of ether oxygens (including phenoxy) is 2. The summed E-state index contributed by atoms with van der Waals surface area (Å²) < 4.78 is 25.5. The summed E-state index contributed by atoms with van der Waals surface area (Å²) in [5.41, 5.74) is 3.39. The van der Waals surface area contributed by atoms with Crippen LogP contribution in [0.4, 0.5) is 0 Å². The minimum Gasteiger partial charge on any atom is -0.465 e. The third-order valence-corrected chi connectivity index (χ3v) is 8.42. The molecular weight excluding hydrogens is 640 g/mol. The van der Waals surface area contributed by atoms with Crippen LogP contribution in [-0.4, -0.2) is 25.2 Å². The summed E-state index contributed by atoms with van der Waals surface area (Å²) >= 11 is 7.31. The van der Waals surface area contributed by atoms with Crippen LogP contribution in [0.5, 0.6) is 0 Å². The van der Waals surface area contributed by atoms with Crippen LogP contribution < -0.4 is 0 Å². The summed E-state index contributed by atoms with van der Waals surface area (Å²) in [7, 11) is 0. The maximum Gasteiger partial charge on any atom is 0.314 e. The number of hydrogen-bond acceptors (Lipinski definition) is 6. The number of fused-ring (bicyclic) bond motifs is 6. The van der Waals surface area contributed by atoms with Crippen LogP contribution in [0.25, 0.3) is 43.9 Å². The second kappa shape index (κ2) is 10.7. The highest BCUT2D eigenvalue weighted by Gasteiger charge is 2.42. The fourth-order valence-electron chi connectivity index (χ4n) is 5.45. The van der Waals surface area contributed by atoms with Crippen molar-refractivity contribution in [2.24, 2.45) is 0 Å². The van der Waals surface area contributed by atoms with Crippen LogP contribution in [0.3, 0.4) is 0 Å². The molecule has 0 saturated heterocycles. The molecule has 2 heterocycles. The molecule has 2 aromatic heterocycles. The number of rotatable bonds is 7. The standard InChI is InChI=1S/C32H24Br2O6/c1-3-37-31(35)27(19-13-15-21(33)25-17-9-5-7-11-23(17)39-29(19)25)28(32(36)38-4-2)20-14-16-22(34)26-18-10-6-8-12-24(18)40-30(20)26/h5-16,27-28H,3-4H2,1-2H3. The molecule has 0 amide bonds. The molecule has 0 aliphatic rings. The van der Waals surface area contributed by atoms with Crippen molar-refractivity contribution in [2.45, 2.75) is 25.7 Å². The van der Waals surface area contributed by atoms with Crippen LogP contribution >= 0.6 is 31.9 Å². The van der Waals surface area contributed by atoms with Gasteiger partial charge >= 0.3 is 11.9 Å². The molecule has 8 heteroatoms. The largest absolute Gasteiger partial charge is 0.465 e. The first-order chi connectivity index (χ1) is 19.4. The molecule has 0 fully saturated rings. The Bertz CT molecular complexity index is 1780. The fourth-order valence-corrected chi connectivity index (χ4v) is 6.51. The first-order valence-corrected chi connectivity index (χ1v) is 14.6. The Morgan fingerprint density at radius 3 is 1.45 bits per heavy atom. The summed E-state index contributed by atoms with van der Waals surface area (Å²) in [6.45, 7) is 3.77. The third-order valence-electron chi connectivity index (χ3n) is 7.10. The van der Waals surface area contributed by atoms with Crippen molar-refractivity contribution in [2.75, 3.05) is 13.2 Å². The first kappa shape index (κ1) is 26.6. The number of furan rings is 2. The van der Waals surface area contributed by atoms with Crippen molar-refractivity contribution < 1.29 is 27.9 Å². The first-order valence-electron chi connectivity index (χ1n) is 13.0. The summed E-state index contributed by atoms with van der Waals surface area (Å²) in [5.74, 6) is -3.27. The second-order valence-electron chi connectivity index (χ2n) is 9.34.